The first-order valence-corrected chi connectivity index (χ1v) is 13.3. The van der Waals surface area contributed by atoms with Crippen LogP contribution in [0.5, 0.6) is 0 Å². The summed E-state index contributed by atoms with van der Waals surface area (Å²) in [4.78, 5) is 83.3. The van der Waals surface area contributed by atoms with Gasteiger partial charge in [-0.15, -0.1) is 0 Å². The summed E-state index contributed by atoms with van der Waals surface area (Å²) in [7, 11) is 0. The van der Waals surface area contributed by atoms with Crippen molar-refractivity contribution in [1.82, 2.24) is 0 Å². The average molecular weight is 637 g/mol. The van der Waals surface area contributed by atoms with Crippen LogP contribution in [0.15, 0.2) is 0 Å². The highest BCUT2D eigenvalue weighted by Gasteiger charge is 2.57. The number of rotatable bonds is 11. The smallest absolute Gasteiger partial charge is 0.303 e. The Morgan fingerprint density at radius 3 is 1.20 bits per heavy atom. The largest absolute Gasteiger partial charge is 0.463 e. The third kappa shape index (κ3) is 10.7. The number of aliphatic hydroxyl groups is 1. The van der Waals surface area contributed by atoms with E-state index in [1.165, 1.54) is 0 Å². The Morgan fingerprint density at radius 1 is 0.477 bits per heavy atom. The molecule has 2 aliphatic rings. The molecule has 18 nitrogen and oxygen atoms in total. The van der Waals surface area contributed by atoms with Gasteiger partial charge in [0.15, 0.2) is 49.2 Å². The zero-order chi connectivity index (χ0) is 33.3. The van der Waals surface area contributed by atoms with Crippen molar-refractivity contribution in [3.8, 4) is 0 Å². The lowest BCUT2D eigenvalue weighted by Gasteiger charge is -2.47. The van der Waals surface area contributed by atoms with Gasteiger partial charge in [-0.25, -0.2) is 0 Å². The number of ether oxygens (including phenoxy) is 10. The minimum atomic E-state index is -1.99. The Balaban J connectivity index is 2.59. The van der Waals surface area contributed by atoms with Gasteiger partial charge in [-0.1, -0.05) is 0 Å². The Labute approximate surface area is 251 Å². The molecule has 2 heterocycles. The van der Waals surface area contributed by atoms with Crippen molar-refractivity contribution in [2.45, 2.75) is 110 Å². The molecule has 0 saturated carbocycles. The summed E-state index contributed by atoms with van der Waals surface area (Å²) in [5, 5.41) is 11.0. The van der Waals surface area contributed by atoms with Crippen molar-refractivity contribution < 1.29 is 86.0 Å². The maximum absolute atomic E-state index is 12.1. The summed E-state index contributed by atoms with van der Waals surface area (Å²) in [6.45, 7) is 6.19. The van der Waals surface area contributed by atoms with Gasteiger partial charge < -0.3 is 52.5 Å². The topological polar surface area (TPSA) is 232 Å². The molecule has 0 amide bonds. The van der Waals surface area contributed by atoms with Crippen molar-refractivity contribution in [3.05, 3.63) is 0 Å². The van der Waals surface area contributed by atoms with E-state index in [-0.39, 0.29) is 0 Å². The molecule has 2 rings (SSSR count). The lowest BCUT2D eigenvalue weighted by atomic mass is 9.96. The first-order valence-electron chi connectivity index (χ1n) is 13.3. The molecule has 2 aliphatic heterocycles. The predicted molar refractivity (Wildman–Crippen MR) is 135 cm³/mol. The van der Waals surface area contributed by atoms with Gasteiger partial charge in [0.25, 0.3) is 0 Å². The van der Waals surface area contributed by atoms with Crippen molar-refractivity contribution in [2.24, 2.45) is 0 Å². The lowest BCUT2D eigenvalue weighted by Crippen LogP contribution is -2.67. The number of carbonyl (C=O) groups excluding carboxylic acids is 7. The second-order valence-electron chi connectivity index (χ2n) is 9.68. The van der Waals surface area contributed by atoms with Gasteiger partial charge in [-0.2, -0.15) is 0 Å². The Hall–Kier alpha value is -3.87. The summed E-state index contributed by atoms with van der Waals surface area (Å²) in [6.07, 6.45) is -16.3. The van der Waals surface area contributed by atoms with Crippen LogP contribution in [0.3, 0.4) is 0 Å². The van der Waals surface area contributed by atoms with Gasteiger partial charge >= 0.3 is 41.8 Å². The van der Waals surface area contributed by atoms with E-state index in [1.54, 1.807) is 0 Å². The third-order valence-electron chi connectivity index (χ3n) is 5.90. The number of aliphatic hydroxyl groups excluding tert-OH is 1. The van der Waals surface area contributed by atoms with Gasteiger partial charge in [-0.05, 0) is 0 Å². The van der Waals surface area contributed by atoms with Gasteiger partial charge in [0.2, 0.25) is 0 Å². The van der Waals surface area contributed by atoms with Gasteiger partial charge in [0.1, 0.15) is 25.4 Å². The van der Waals surface area contributed by atoms with E-state index in [2.05, 4.69) is 0 Å². The van der Waals surface area contributed by atoms with Crippen molar-refractivity contribution in [2.75, 3.05) is 13.2 Å². The molecule has 10 atom stereocenters. The number of carbonyl (C=O) groups is 7. The number of hydrogen-bond donors (Lipinski definition) is 1. The molecule has 2 fully saturated rings. The Kier molecular flexibility index (Phi) is 13.4. The van der Waals surface area contributed by atoms with Crippen molar-refractivity contribution in [3.63, 3.8) is 0 Å². The van der Waals surface area contributed by atoms with E-state index in [1.807, 2.05) is 0 Å². The molecule has 1 N–H and O–H groups in total. The molecule has 0 radical (unpaired) electrons. The molecule has 0 spiro atoms. The van der Waals surface area contributed by atoms with Gasteiger partial charge in [0, 0.05) is 48.5 Å². The van der Waals surface area contributed by atoms with Crippen LogP contribution in [-0.4, -0.2) is 122 Å². The molecule has 0 aromatic rings. The second kappa shape index (κ2) is 16.3. The zero-order valence-electron chi connectivity index (χ0n) is 25.1. The van der Waals surface area contributed by atoms with Gasteiger partial charge in [0.05, 0.1) is 0 Å². The molecule has 0 aliphatic carbocycles. The molecule has 248 valence electrons. The summed E-state index contributed by atoms with van der Waals surface area (Å²) < 4.78 is 53.9. The van der Waals surface area contributed by atoms with Crippen LogP contribution in [-0.2, 0) is 80.9 Å². The maximum Gasteiger partial charge on any atom is 0.303 e. The molecular weight excluding hydrogens is 600 g/mol. The van der Waals surface area contributed by atoms with Crippen LogP contribution in [0.4, 0.5) is 0 Å². The van der Waals surface area contributed by atoms with Crippen molar-refractivity contribution in [1.29, 1.82) is 0 Å². The Morgan fingerprint density at radius 2 is 0.818 bits per heavy atom. The third-order valence-corrected chi connectivity index (χ3v) is 5.90. The molecule has 0 bridgehead atoms. The highest BCUT2D eigenvalue weighted by atomic mass is 16.8. The predicted octanol–water partition coefficient (Wildman–Crippen LogP) is -1.40. The molecule has 44 heavy (non-hydrogen) atoms. The van der Waals surface area contributed by atoms with E-state index in [9.17, 15) is 38.7 Å². The Bertz CT molecular complexity index is 1090. The summed E-state index contributed by atoms with van der Waals surface area (Å²) in [5.74, 6) is -5.97. The second-order valence-corrected chi connectivity index (χ2v) is 9.68. The normalized spacial score (nSPS) is 31.5. The molecular formula is C26H36O18. The fourth-order valence-electron chi connectivity index (χ4n) is 4.49. The van der Waals surface area contributed by atoms with Gasteiger partial charge in [-0.3, -0.25) is 33.6 Å². The molecule has 0 aromatic carbocycles. The van der Waals surface area contributed by atoms with Crippen molar-refractivity contribution >= 4 is 41.8 Å². The number of esters is 7. The maximum atomic E-state index is 12.1. The lowest BCUT2D eigenvalue weighted by molar-refractivity contribution is -0.363. The van der Waals surface area contributed by atoms with E-state index in [0.717, 1.165) is 48.5 Å². The molecule has 2 saturated heterocycles. The van der Waals surface area contributed by atoms with Crippen LogP contribution in [0, 0.1) is 0 Å². The molecule has 0 aromatic heterocycles. The standard InChI is InChI=1S/C26H36O18/c1-10(27)35-8-17-19(37-12(3)29)21(39-14(5)31)23(25(34)42-17)44-26-24(41-16(7)33)22(40-15(6)32)20(38-13(4)30)18(43-26)9-36-11(2)28/h17-26,34H,8-9H2,1-7H3/t17-,18?,19-,20?,21+,22?,23-,24?,25?,26?/m1/s1. The quantitative estimate of drug-likeness (QED) is 0.203. The highest BCUT2D eigenvalue weighted by Crippen LogP contribution is 2.34. The van der Waals surface area contributed by atoms with Crippen LogP contribution in [0.25, 0.3) is 0 Å². The van der Waals surface area contributed by atoms with E-state index in [0.29, 0.717) is 0 Å². The minimum absolute atomic E-state index is 0.534. The van der Waals surface area contributed by atoms with Crippen LogP contribution < -0.4 is 0 Å². The van der Waals surface area contributed by atoms with Crippen LogP contribution in [0.1, 0.15) is 48.5 Å². The molecule has 18 heteroatoms. The van der Waals surface area contributed by atoms with E-state index in [4.69, 9.17) is 47.4 Å². The summed E-state index contributed by atoms with van der Waals surface area (Å²) >= 11 is 0. The fourth-order valence-corrected chi connectivity index (χ4v) is 4.49. The number of hydrogen-bond acceptors (Lipinski definition) is 18. The summed E-state index contributed by atoms with van der Waals surface area (Å²) in [6, 6.07) is 0. The fraction of sp³-hybridized carbons (Fsp3) is 0.731. The highest BCUT2D eigenvalue weighted by molar-refractivity contribution is 5.69. The zero-order valence-corrected chi connectivity index (χ0v) is 25.1. The van der Waals surface area contributed by atoms with E-state index >= 15 is 0 Å². The monoisotopic (exact) mass is 636 g/mol. The van der Waals surface area contributed by atoms with Crippen LogP contribution >= 0.6 is 0 Å². The summed E-state index contributed by atoms with van der Waals surface area (Å²) in [5.41, 5.74) is 0. The van der Waals surface area contributed by atoms with Crippen LogP contribution in [0.2, 0.25) is 0 Å². The SMILES string of the molecule is CC(=O)OCC1OC(O[C@H]2C(O)O[C@H](COC(C)=O)[C@@H](OC(C)=O)[C@@H]2OC(C)=O)C(OC(C)=O)C(OC(C)=O)C1OC(C)=O. The van der Waals surface area contributed by atoms with E-state index < -0.39 is 116 Å². The first kappa shape index (κ1) is 36.3. The average Bonchev–Trinajstić information content (AvgIpc) is 2.87. The molecule has 6 unspecified atom stereocenters. The first-order chi connectivity index (χ1) is 20.5. The minimum Gasteiger partial charge on any atom is -0.463 e.